The summed E-state index contributed by atoms with van der Waals surface area (Å²) in [4.78, 5) is 5.87. The van der Waals surface area contributed by atoms with Crippen molar-refractivity contribution in [2.24, 2.45) is 4.99 Å². The smallest absolute Gasteiger partial charge is 0.159 e. The first-order chi connectivity index (χ1) is 7.70. The van der Waals surface area contributed by atoms with Crippen LogP contribution in [0.25, 0.3) is 0 Å². The Kier molecular flexibility index (Phi) is 2.24. The predicted molar refractivity (Wildman–Crippen MR) is 65.8 cm³/mol. The highest BCUT2D eigenvalue weighted by Gasteiger charge is 2.39. The number of rotatable bonds is 1. The quantitative estimate of drug-likeness (QED) is 0.533. The van der Waals surface area contributed by atoms with Crippen LogP contribution in [0.1, 0.15) is 6.42 Å². The van der Waals surface area contributed by atoms with Gasteiger partial charge in [0.25, 0.3) is 0 Å². The fraction of sp³-hybridized carbons (Fsp3) is 0.583. The van der Waals surface area contributed by atoms with E-state index in [4.69, 9.17) is 18.0 Å². The lowest BCUT2D eigenvalue weighted by Gasteiger charge is -2.33. The normalized spacial score (nSPS) is 41.0. The molecule has 1 N–H and O–H groups in total. The van der Waals surface area contributed by atoms with Crippen LogP contribution in [-0.2, 0) is 0 Å². The van der Waals surface area contributed by atoms with Crippen LogP contribution in [0.2, 0.25) is 0 Å². The molecule has 3 heterocycles. The first kappa shape index (κ1) is 10.2. The van der Waals surface area contributed by atoms with Crippen LogP contribution in [0.3, 0.4) is 0 Å². The number of likely N-dealkylation sites (tertiary alicyclic amines) is 1. The minimum atomic E-state index is -0.817. The SMILES string of the molecule is C#CC1(Cl)C=NCC(N2C[C@@H]3C[C@H]2CN3)=C1. The number of nitrogens with one attached hydrogen (secondary N) is 1. The summed E-state index contributed by atoms with van der Waals surface area (Å²) in [6.07, 6.45) is 10.3. The van der Waals surface area contributed by atoms with Gasteiger partial charge in [0.05, 0.1) is 6.54 Å². The standard InChI is InChI=1S/C12H14ClN3/c1-2-12(13)4-11(5-14-8-12)16-7-9-3-10(16)6-15-9/h1,4,8-10,15H,3,5-7H2/t9-,10-,12?/m0/s1. The summed E-state index contributed by atoms with van der Waals surface area (Å²) in [5.74, 6) is 2.58. The summed E-state index contributed by atoms with van der Waals surface area (Å²) in [7, 11) is 0. The van der Waals surface area contributed by atoms with Gasteiger partial charge in [-0.3, -0.25) is 4.99 Å². The second-order valence-electron chi connectivity index (χ2n) is 4.66. The van der Waals surface area contributed by atoms with E-state index >= 15 is 0 Å². The highest BCUT2D eigenvalue weighted by Crippen LogP contribution is 2.30. The molecule has 0 spiro atoms. The zero-order valence-corrected chi connectivity index (χ0v) is 9.74. The monoisotopic (exact) mass is 235 g/mol. The Labute approximate surface area is 101 Å². The lowest BCUT2D eigenvalue weighted by atomic mass is 10.1. The largest absolute Gasteiger partial charge is 0.368 e. The lowest BCUT2D eigenvalue weighted by molar-refractivity contribution is 0.280. The van der Waals surface area contributed by atoms with Crippen LogP contribution in [0.4, 0.5) is 0 Å². The van der Waals surface area contributed by atoms with Crippen molar-refractivity contribution >= 4 is 17.8 Å². The minimum absolute atomic E-state index is 0.600. The Morgan fingerprint density at radius 3 is 3.19 bits per heavy atom. The Hall–Kier alpha value is -0.980. The van der Waals surface area contributed by atoms with Gasteiger partial charge >= 0.3 is 0 Å². The van der Waals surface area contributed by atoms with Crippen molar-refractivity contribution in [1.82, 2.24) is 10.2 Å². The molecule has 3 rings (SSSR count). The van der Waals surface area contributed by atoms with E-state index in [0.29, 0.717) is 18.6 Å². The molecular weight excluding hydrogens is 222 g/mol. The third-order valence-electron chi connectivity index (χ3n) is 3.56. The molecule has 3 nitrogen and oxygen atoms in total. The second kappa shape index (κ2) is 3.51. The third-order valence-corrected chi connectivity index (χ3v) is 3.87. The van der Waals surface area contributed by atoms with Gasteiger partial charge in [-0.25, -0.2) is 0 Å². The molecule has 3 atom stereocenters. The van der Waals surface area contributed by atoms with Gasteiger partial charge in [0.15, 0.2) is 4.87 Å². The number of hydrogen-bond acceptors (Lipinski definition) is 3. The molecule has 0 amide bonds. The molecule has 16 heavy (non-hydrogen) atoms. The fourth-order valence-corrected chi connectivity index (χ4v) is 2.96. The minimum Gasteiger partial charge on any atom is -0.368 e. The van der Waals surface area contributed by atoms with Gasteiger partial charge in [-0.15, -0.1) is 6.42 Å². The summed E-state index contributed by atoms with van der Waals surface area (Å²) in [5, 5.41) is 3.48. The zero-order valence-electron chi connectivity index (χ0n) is 8.99. The first-order valence-electron chi connectivity index (χ1n) is 5.59. The molecule has 1 unspecified atom stereocenters. The van der Waals surface area contributed by atoms with Crippen molar-refractivity contribution in [3.8, 4) is 12.3 Å². The number of hydrogen-bond donors (Lipinski definition) is 1. The topological polar surface area (TPSA) is 27.6 Å². The average Bonchev–Trinajstić information content (AvgIpc) is 2.91. The van der Waals surface area contributed by atoms with Crippen LogP contribution in [0, 0.1) is 12.3 Å². The van der Waals surface area contributed by atoms with Gasteiger partial charge in [-0.05, 0) is 12.5 Å². The number of allylic oxidation sites excluding steroid dienone is 1. The van der Waals surface area contributed by atoms with Crippen LogP contribution in [0.5, 0.6) is 0 Å². The van der Waals surface area contributed by atoms with Gasteiger partial charge < -0.3 is 10.2 Å². The third kappa shape index (κ3) is 1.53. The van der Waals surface area contributed by atoms with E-state index in [1.54, 1.807) is 6.21 Å². The number of nitrogens with zero attached hydrogens (tertiary/aromatic N) is 2. The van der Waals surface area contributed by atoms with Crippen LogP contribution in [-0.4, -0.2) is 47.7 Å². The van der Waals surface area contributed by atoms with Crippen LogP contribution >= 0.6 is 11.6 Å². The number of dihydropyridines is 1. The van der Waals surface area contributed by atoms with Gasteiger partial charge in [0.2, 0.25) is 0 Å². The molecule has 2 bridgehead atoms. The van der Waals surface area contributed by atoms with Crippen molar-refractivity contribution in [1.29, 1.82) is 0 Å². The lowest BCUT2D eigenvalue weighted by Crippen LogP contribution is -2.44. The predicted octanol–water partition coefficient (Wildman–Crippen LogP) is 0.612. The number of piperazine rings is 1. The molecule has 4 heteroatoms. The molecule has 84 valence electrons. The Morgan fingerprint density at radius 1 is 1.69 bits per heavy atom. The molecule has 0 aliphatic carbocycles. The maximum absolute atomic E-state index is 6.23. The van der Waals surface area contributed by atoms with Crippen molar-refractivity contribution in [2.45, 2.75) is 23.4 Å². The van der Waals surface area contributed by atoms with E-state index in [2.05, 4.69) is 21.1 Å². The zero-order chi connectivity index (χ0) is 11.2. The number of fused-ring (bicyclic) bond motifs is 2. The summed E-state index contributed by atoms with van der Waals surface area (Å²) in [6, 6.07) is 1.23. The van der Waals surface area contributed by atoms with Crippen molar-refractivity contribution < 1.29 is 0 Å². The van der Waals surface area contributed by atoms with E-state index in [1.165, 1.54) is 12.1 Å². The fourth-order valence-electron chi connectivity index (χ4n) is 2.76. The van der Waals surface area contributed by atoms with E-state index < -0.39 is 4.87 Å². The molecule has 0 aromatic rings. The number of alkyl halides is 1. The van der Waals surface area contributed by atoms with Gasteiger partial charge in [0, 0.05) is 37.1 Å². The van der Waals surface area contributed by atoms with E-state index in [9.17, 15) is 0 Å². The molecule has 0 aromatic carbocycles. The van der Waals surface area contributed by atoms with Crippen molar-refractivity contribution in [3.63, 3.8) is 0 Å². The van der Waals surface area contributed by atoms with Crippen LogP contribution in [0.15, 0.2) is 16.8 Å². The molecule has 2 fully saturated rings. The maximum Gasteiger partial charge on any atom is 0.159 e. The van der Waals surface area contributed by atoms with Gasteiger partial charge in [-0.2, -0.15) is 0 Å². The summed E-state index contributed by atoms with van der Waals surface area (Å²) in [5.41, 5.74) is 1.18. The maximum atomic E-state index is 6.23. The van der Waals surface area contributed by atoms with E-state index in [0.717, 1.165) is 13.1 Å². The molecule has 0 aromatic heterocycles. The molecule has 0 saturated carbocycles. The molecule has 2 saturated heterocycles. The number of aliphatic imine (C=N–C) groups is 1. The van der Waals surface area contributed by atoms with E-state index in [1.807, 2.05) is 6.08 Å². The number of terminal acetylenes is 1. The summed E-state index contributed by atoms with van der Waals surface area (Å²) < 4.78 is 0. The summed E-state index contributed by atoms with van der Waals surface area (Å²) in [6.45, 7) is 2.83. The molecule has 3 aliphatic heterocycles. The Morgan fingerprint density at radius 2 is 2.56 bits per heavy atom. The summed E-state index contributed by atoms with van der Waals surface area (Å²) >= 11 is 6.23. The van der Waals surface area contributed by atoms with Crippen molar-refractivity contribution in [2.75, 3.05) is 19.6 Å². The molecular formula is C12H14ClN3. The molecule has 0 radical (unpaired) electrons. The molecule has 3 aliphatic rings. The highest BCUT2D eigenvalue weighted by molar-refractivity contribution is 6.36. The highest BCUT2D eigenvalue weighted by atomic mass is 35.5. The number of halogens is 1. The first-order valence-corrected chi connectivity index (χ1v) is 5.97. The average molecular weight is 236 g/mol. The Balaban J connectivity index is 1.84. The second-order valence-corrected chi connectivity index (χ2v) is 5.29. The van der Waals surface area contributed by atoms with Gasteiger partial charge in [0.1, 0.15) is 0 Å². The van der Waals surface area contributed by atoms with Crippen LogP contribution < -0.4 is 5.32 Å². The van der Waals surface area contributed by atoms with E-state index in [-0.39, 0.29) is 0 Å². The Bertz CT molecular complexity index is 409. The van der Waals surface area contributed by atoms with Gasteiger partial charge in [-0.1, -0.05) is 17.5 Å². The van der Waals surface area contributed by atoms with Crippen molar-refractivity contribution in [3.05, 3.63) is 11.8 Å².